The van der Waals surface area contributed by atoms with Gasteiger partial charge in [-0.05, 0) is 31.5 Å². The molecule has 17 heavy (non-hydrogen) atoms. The van der Waals surface area contributed by atoms with Crippen LogP contribution in [0.3, 0.4) is 0 Å². The summed E-state index contributed by atoms with van der Waals surface area (Å²) in [5, 5.41) is 8.89. The SMILES string of the molecule is CC=CC(=O)CO[Si](CCC)(CCCO)OC. The average Bonchev–Trinajstić information content (AvgIpc) is 2.33. The predicted octanol–water partition coefficient (Wildman–Crippen LogP) is 2.03. The van der Waals surface area contributed by atoms with Gasteiger partial charge in [0.05, 0.1) is 6.61 Å². The van der Waals surface area contributed by atoms with Gasteiger partial charge in [-0.2, -0.15) is 0 Å². The summed E-state index contributed by atoms with van der Waals surface area (Å²) < 4.78 is 11.3. The summed E-state index contributed by atoms with van der Waals surface area (Å²) >= 11 is 0. The van der Waals surface area contributed by atoms with E-state index in [9.17, 15) is 4.79 Å². The highest BCUT2D eigenvalue weighted by Gasteiger charge is 2.35. The molecule has 0 fully saturated rings. The lowest BCUT2D eigenvalue weighted by molar-refractivity contribution is -0.117. The molecule has 1 unspecified atom stereocenters. The molecule has 0 aromatic carbocycles. The minimum atomic E-state index is -2.30. The van der Waals surface area contributed by atoms with E-state index in [1.807, 2.05) is 0 Å². The molecule has 0 aliphatic heterocycles. The monoisotopic (exact) mass is 260 g/mol. The largest absolute Gasteiger partial charge is 0.398 e. The third-order valence-electron chi connectivity index (χ3n) is 2.55. The molecule has 0 heterocycles. The van der Waals surface area contributed by atoms with Crippen molar-refractivity contribution in [2.45, 2.75) is 38.8 Å². The third-order valence-corrected chi connectivity index (χ3v) is 6.34. The van der Waals surface area contributed by atoms with Crippen molar-refractivity contribution in [1.82, 2.24) is 0 Å². The maximum Gasteiger partial charge on any atom is 0.338 e. The van der Waals surface area contributed by atoms with Gasteiger partial charge in [-0.15, -0.1) is 0 Å². The first-order valence-electron chi connectivity index (χ1n) is 6.09. The van der Waals surface area contributed by atoms with Gasteiger partial charge in [-0.1, -0.05) is 19.4 Å². The first kappa shape index (κ1) is 16.5. The first-order chi connectivity index (χ1) is 8.14. The highest BCUT2D eigenvalue weighted by atomic mass is 28.4. The second-order valence-corrected chi connectivity index (χ2v) is 7.47. The lowest BCUT2D eigenvalue weighted by Crippen LogP contribution is -2.42. The van der Waals surface area contributed by atoms with Crippen molar-refractivity contribution in [2.75, 3.05) is 20.3 Å². The Hall–Kier alpha value is -0.493. The molecule has 0 spiro atoms. The molecular weight excluding hydrogens is 236 g/mol. The van der Waals surface area contributed by atoms with Crippen molar-refractivity contribution in [3.63, 3.8) is 0 Å². The van der Waals surface area contributed by atoms with Crippen LogP contribution in [-0.4, -0.2) is 39.8 Å². The van der Waals surface area contributed by atoms with Crippen LogP contribution in [0.15, 0.2) is 12.2 Å². The molecule has 4 nitrogen and oxygen atoms in total. The number of carbonyl (C=O) groups is 1. The molecule has 1 N–H and O–H groups in total. The van der Waals surface area contributed by atoms with E-state index in [1.54, 1.807) is 20.1 Å². The van der Waals surface area contributed by atoms with Crippen LogP contribution in [-0.2, 0) is 13.6 Å². The third kappa shape index (κ3) is 6.73. The van der Waals surface area contributed by atoms with Gasteiger partial charge in [0.25, 0.3) is 0 Å². The number of rotatable bonds is 10. The van der Waals surface area contributed by atoms with E-state index in [0.717, 1.165) is 18.5 Å². The Bertz CT molecular complexity index is 243. The van der Waals surface area contributed by atoms with Crippen LogP contribution in [0.1, 0.15) is 26.7 Å². The highest BCUT2D eigenvalue weighted by molar-refractivity contribution is 6.67. The Morgan fingerprint density at radius 2 is 2.12 bits per heavy atom. The van der Waals surface area contributed by atoms with E-state index in [4.69, 9.17) is 14.0 Å². The van der Waals surface area contributed by atoms with Gasteiger partial charge in [0, 0.05) is 13.7 Å². The fourth-order valence-corrected chi connectivity index (χ4v) is 4.63. The number of hydrogen-bond donors (Lipinski definition) is 1. The Kier molecular flexibility index (Phi) is 9.25. The Morgan fingerprint density at radius 3 is 2.59 bits per heavy atom. The molecule has 0 aliphatic carbocycles. The van der Waals surface area contributed by atoms with Crippen molar-refractivity contribution < 1.29 is 18.8 Å². The molecule has 0 rings (SSSR count). The van der Waals surface area contributed by atoms with Crippen LogP contribution in [0.25, 0.3) is 0 Å². The van der Waals surface area contributed by atoms with E-state index in [2.05, 4.69) is 6.92 Å². The van der Waals surface area contributed by atoms with Crippen LogP contribution in [0.5, 0.6) is 0 Å². The van der Waals surface area contributed by atoms with Gasteiger partial charge in [-0.25, -0.2) is 0 Å². The average molecular weight is 260 g/mol. The topological polar surface area (TPSA) is 55.8 Å². The summed E-state index contributed by atoms with van der Waals surface area (Å²) in [6, 6.07) is 1.59. The lowest BCUT2D eigenvalue weighted by Gasteiger charge is -2.28. The minimum absolute atomic E-state index is 0.0403. The summed E-state index contributed by atoms with van der Waals surface area (Å²) in [6.07, 6.45) is 4.84. The van der Waals surface area contributed by atoms with Crippen LogP contribution in [0.2, 0.25) is 12.1 Å². The molecule has 0 aromatic rings. The Balaban J connectivity index is 4.39. The van der Waals surface area contributed by atoms with Gasteiger partial charge in [0.15, 0.2) is 5.78 Å². The van der Waals surface area contributed by atoms with Crippen molar-refractivity contribution >= 4 is 14.3 Å². The van der Waals surface area contributed by atoms with E-state index in [-0.39, 0.29) is 19.0 Å². The maximum absolute atomic E-state index is 11.4. The number of aliphatic hydroxyl groups excluding tert-OH is 1. The zero-order chi connectivity index (χ0) is 13.1. The fraction of sp³-hybridized carbons (Fsp3) is 0.750. The molecule has 0 saturated carbocycles. The summed E-state index contributed by atoms with van der Waals surface area (Å²) in [4.78, 5) is 11.4. The highest BCUT2D eigenvalue weighted by Crippen LogP contribution is 2.22. The molecule has 0 aromatic heterocycles. The second kappa shape index (κ2) is 9.53. The minimum Gasteiger partial charge on any atom is -0.398 e. The van der Waals surface area contributed by atoms with E-state index in [0.29, 0.717) is 6.42 Å². The number of aliphatic hydroxyl groups is 1. The second-order valence-electron chi connectivity index (χ2n) is 3.95. The van der Waals surface area contributed by atoms with Crippen molar-refractivity contribution in [3.8, 4) is 0 Å². The summed E-state index contributed by atoms with van der Waals surface area (Å²) in [6.45, 7) is 4.08. The van der Waals surface area contributed by atoms with Crippen molar-refractivity contribution in [3.05, 3.63) is 12.2 Å². The van der Waals surface area contributed by atoms with Crippen molar-refractivity contribution in [1.29, 1.82) is 0 Å². The molecule has 0 aliphatic rings. The number of hydrogen-bond acceptors (Lipinski definition) is 4. The predicted molar refractivity (Wildman–Crippen MR) is 70.1 cm³/mol. The molecule has 0 amide bonds. The zero-order valence-corrected chi connectivity index (χ0v) is 12.1. The summed E-state index contributed by atoms with van der Waals surface area (Å²) in [5.74, 6) is -0.0403. The van der Waals surface area contributed by atoms with Crippen molar-refractivity contribution in [2.24, 2.45) is 0 Å². The molecule has 5 heteroatoms. The molecule has 0 radical (unpaired) electrons. The maximum atomic E-state index is 11.4. The Morgan fingerprint density at radius 1 is 1.41 bits per heavy atom. The molecule has 1 atom stereocenters. The fourth-order valence-electron chi connectivity index (χ4n) is 1.70. The zero-order valence-electron chi connectivity index (χ0n) is 11.1. The van der Waals surface area contributed by atoms with Crippen LogP contribution >= 0.6 is 0 Å². The standard InChI is InChI=1S/C12H24O4Si/c1-4-7-12(14)11-16-17(15-3,9-5-2)10-6-8-13/h4,7,13H,5-6,8-11H2,1-3H3. The van der Waals surface area contributed by atoms with Crippen LogP contribution in [0.4, 0.5) is 0 Å². The van der Waals surface area contributed by atoms with E-state index in [1.165, 1.54) is 6.08 Å². The molecular formula is C12H24O4Si. The van der Waals surface area contributed by atoms with E-state index < -0.39 is 8.56 Å². The molecule has 0 saturated heterocycles. The lowest BCUT2D eigenvalue weighted by atomic mass is 10.4. The van der Waals surface area contributed by atoms with Gasteiger partial charge >= 0.3 is 8.56 Å². The normalized spacial score (nSPS) is 15.1. The smallest absolute Gasteiger partial charge is 0.338 e. The van der Waals surface area contributed by atoms with Crippen LogP contribution in [0, 0.1) is 0 Å². The number of ketones is 1. The van der Waals surface area contributed by atoms with Gasteiger partial charge in [0.2, 0.25) is 0 Å². The number of allylic oxidation sites excluding steroid dienone is 1. The molecule has 0 bridgehead atoms. The number of carbonyl (C=O) groups excluding carboxylic acids is 1. The Labute approximate surface area is 105 Å². The summed E-state index contributed by atoms with van der Waals surface area (Å²) in [5.41, 5.74) is 0. The first-order valence-corrected chi connectivity index (χ1v) is 8.32. The van der Waals surface area contributed by atoms with Gasteiger partial charge < -0.3 is 14.0 Å². The quantitative estimate of drug-likeness (QED) is 0.482. The molecule has 100 valence electrons. The summed E-state index contributed by atoms with van der Waals surface area (Å²) in [7, 11) is -0.659. The van der Waals surface area contributed by atoms with Crippen LogP contribution < -0.4 is 0 Å². The van der Waals surface area contributed by atoms with E-state index >= 15 is 0 Å². The van der Waals surface area contributed by atoms with Gasteiger partial charge in [-0.3, -0.25) is 4.79 Å². The van der Waals surface area contributed by atoms with Gasteiger partial charge in [0.1, 0.15) is 0 Å².